The Morgan fingerprint density at radius 2 is 1.67 bits per heavy atom. The van der Waals surface area contributed by atoms with E-state index in [4.69, 9.17) is 0 Å². The van der Waals surface area contributed by atoms with Gasteiger partial charge >= 0.3 is 0 Å². The molecule has 0 radical (unpaired) electrons. The van der Waals surface area contributed by atoms with Crippen LogP contribution in [-0.4, -0.2) is 69.4 Å². The fraction of sp³-hybridized carbons (Fsp3) is 1.00. The molecule has 0 aromatic carbocycles. The standard InChI is InChI=1S/C11H26N4O2S/c1-10(2)12-9-11(3)18(16,17)13-15-7-5-14(4)6-8-15/h10-13H,5-9H2,1-4H3. The maximum Gasteiger partial charge on any atom is 0.228 e. The average Bonchev–Trinajstić information content (AvgIpc) is 2.28. The van der Waals surface area contributed by atoms with Gasteiger partial charge in [0, 0.05) is 38.8 Å². The van der Waals surface area contributed by atoms with Gasteiger partial charge in [-0.2, -0.15) is 0 Å². The van der Waals surface area contributed by atoms with Crippen LogP contribution < -0.4 is 10.1 Å². The van der Waals surface area contributed by atoms with Gasteiger partial charge in [0.25, 0.3) is 0 Å². The van der Waals surface area contributed by atoms with E-state index < -0.39 is 15.3 Å². The van der Waals surface area contributed by atoms with Gasteiger partial charge < -0.3 is 10.2 Å². The van der Waals surface area contributed by atoms with Gasteiger partial charge in [-0.05, 0) is 14.0 Å². The predicted octanol–water partition coefficient (Wildman–Crippen LogP) is -0.545. The first-order chi connectivity index (χ1) is 8.31. The molecule has 1 fully saturated rings. The van der Waals surface area contributed by atoms with Crippen molar-refractivity contribution in [3.63, 3.8) is 0 Å². The Labute approximate surface area is 111 Å². The molecule has 1 atom stereocenters. The first-order valence-corrected chi connectivity index (χ1v) is 8.04. The van der Waals surface area contributed by atoms with E-state index in [0.29, 0.717) is 12.6 Å². The molecule has 2 N–H and O–H groups in total. The number of nitrogens with one attached hydrogen (secondary N) is 2. The molecule has 0 saturated carbocycles. The monoisotopic (exact) mass is 278 g/mol. The zero-order valence-corrected chi connectivity index (χ0v) is 12.6. The Bertz CT molecular complexity index is 337. The highest BCUT2D eigenvalue weighted by molar-refractivity contribution is 7.90. The lowest BCUT2D eigenvalue weighted by Crippen LogP contribution is -2.55. The van der Waals surface area contributed by atoms with Crippen molar-refractivity contribution >= 4 is 10.0 Å². The lowest BCUT2D eigenvalue weighted by molar-refractivity contribution is 0.134. The summed E-state index contributed by atoms with van der Waals surface area (Å²) in [6.45, 7) is 9.47. The van der Waals surface area contributed by atoms with E-state index in [-0.39, 0.29) is 0 Å². The Morgan fingerprint density at radius 1 is 1.11 bits per heavy atom. The summed E-state index contributed by atoms with van der Waals surface area (Å²) < 4.78 is 24.2. The van der Waals surface area contributed by atoms with Gasteiger partial charge in [-0.25, -0.2) is 13.4 Å². The van der Waals surface area contributed by atoms with Gasteiger partial charge in [-0.1, -0.05) is 13.8 Å². The molecule has 1 saturated heterocycles. The summed E-state index contributed by atoms with van der Waals surface area (Å²) in [5, 5.41) is 4.51. The molecule has 1 aliphatic heterocycles. The third-order valence-electron chi connectivity index (χ3n) is 3.10. The van der Waals surface area contributed by atoms with Crippen molar-refractivity contribution in [2.24, 2.45) is 0 Å². The van der Waals surface area contributed by atoms with Crippen LogP contribution in [0.2, 0.25) is 0 Å². The molecule has 0 bridgehead atoms. The Kier molecular flexibility index (Phi) is 6.00. The summed E-state index contributed by atoms with van der Waals surface area (Å²) >= 11 is 0. The summed E-state index contributed by atoms with van der Waals surface area (Å²) in [4.78, 5) is 4.87. The van der Waals surface area contributed by atoms with Crippen molar-refractivity contribution < 1.29 is 8.42 Å². The topological polar surface area (TPSA) is 64.7 Å². The molecule has 1 aliphatic rings. The second kappa shape index (κ2) is 6.81. The van der Waals surface area contributed by atoms with Crippen LogP contribution in [0.5, 0.6) is 0 Å². The summed E-state index contributed by atoms with van der Waals surface area (Å²) in [7, 11) is -1.24. The van der Waals surface area contributed by atoms with Crippen LogP contribution in [-0.2, 0) is 10.0 Å². The van der Waals surface area contributed by atoms with Gasteiger partial charge in [-0.15, -0.1) is 4.83 Å². The fourth-order valence-electron chi connectivity index (χ4n) is 1.68. The zero-order valence-electron chi connectivity index (χ0n) is 11.8. The van der Waals surface area contributed by atoms with Gasteiger partial charge in [0.05, 0.1) is 5.25 Å². The molecule has 7 heteroatoms. The van der Waals surface area contributed by atoms with E-state index in [1.165, 1.54) is 0 Å². The normalized spacial score (nSPS) is 21.4. The smallest absolute Gasteiger partial charge is 0.228 e. The molecule has 108 valence electrons. The molecule has 1 unspecified atom stereocenters. The van der Waals surface area contributed by atoms with Crippen molar-refractivity contribution in [1.29, 1.82) is 0 Å². The maximum atomic E-state index is 12.1. The molecule has 0 spiro atoms. The van der Waals surface area contributed by atoms with E-state index in [1.807, 2.05) is 20.9 Å². The minimum absolute atomic E-state index is 0.297. The van der Waals surface area contributed by atoms with Crippen LogP contribution in [0.15, 0.2) is 0 Å². The Morgan fingerprint density at radius 3 is 2.17 bits per heavy atom. The summed E-state index contributed by atoms with van der Waals surface area (Å²) in [6, 6.07) is 0.297. The summed E-state index contributed by atoms with van der Waals surface area (Å²) in [5.41, 5.74) is 0. The number of hydrazine groups is 1. The van der Waals surface area contributed by atoms with E-state index in [2.05, 4.69) is 15.0 Å². The average molecular weight is 278 g/mol. The fourth-order valence-corrected chi connectivity index (χ4v) is 2.72. The highest BCUT2D eigenvalue weighted by Crippen LogP contribution is 2.02. The molecule has 0 amide bonds. The minimum atomic E-state index is -3.28. The third-order valence-corrected chi connectivity index (χ3v) is 4.84. The van der Waals surface area contributed by atoms with Crippen LogP contribution >= 0.6 is 0 Å². The third kappa shape index (κ3) is 5.19. The van der Waals surface area contributed by atoms with Crippen LogP contribution in [0.4, 0.5) is 0 Å². The first-order valence-electron chi connectivity index (χ1n) is 6.49. The lowest BCUT2D eigenvalue weighted by Gasteiger charge is -2.33. The molecule has 1 rings (SSSR count). The van der Waals surface area contributed by atoms with E-state index in [1.54, 1.807) is 11.9 Å². The largest absolute Gasteiger partial charge is 0.313 e. The molecule has 18 heavy (non-hydrogen) atoms. The number of hydrogen-bond acceptors (Lipinski definition) is 5. The van der Waals surface area contributed by atoms with Gasteiger partial charge in [0.15, 0.2) is 0 Å². The second-order valence-electron chi connectivity index (χ2n) is 5.30. The number of likely N-dealkylation sites (N-methyl/N-ethyl adjacent to an activating group) is 1. The SMILES string of the molecule is CC(C)NCC(C)S(=O)(=O)NN1CCN(C)CC1. The van der Waals surface area contributed by atoms with E-state index in [9.17, 15) is 8.42 Å². The number of rotatable bonds is 6. The molecular weight excluding hydrogens is 252 g/mol. The zero-order chi connectivity index (χ0) is 13.8. The van der Waals surface area contributed by atoms with Crippen molar-refractivity contribution in [2.45, 2.75) is 32.1 Å². The molecular formula is C11H26N4O2S. The quantitative estimate of drug-likeness (QED) is 0.683. The predicted molar refractivity (Wildman–Crippen MR) is 73.7 cm³/mol. The Hall–Kier alpha value is -0.210. The number of piperazine rings is 1. The minimum Gasteiger partial charge on any atom is -0.313 e. The summed E-state index contributed by atoms with van der Waals surface area (Å²) in [6.07, 6.45) is 0. The molecule has 1 heterocycles. The first kappa shape index (κ1) is 15.8. The second-order valence-corrected chi connectivity index (χ2v) is 7.38. The number of nitrogens with zero attached hydrogens (tertiary/aromatic N) is 2. The molecule has 6 nitrogen and oxygen atoms in total. The van der Waals surface area contributed by atoms with Gasteiger partial charge in [-0.3, -0.25) is 0 Å². The van der Waals surface area contributed by atoms with Gasteiger partial charge in [0.1, 0.15) is 0 Å². The Balaban J connectivity index is 2.43. The van der Waals surface area contributed by atoms with Crippen molar-refractivity contribution in [3.05, 3.63) is 0 Å². The molecule has 0 aromatic rings. The summed E-state index contributed by atoms with van der Waals surface area (Å²) in [5.74, 6) is 0. The van der Waals surface area contributed by atoms with E-state index in [0.717, 1.165) is 26.2 Å². The maximum absolute atomic E-state index is 12.1. The van der Waals surface area contributed by atoms with Crippen LogP contribution in [0, 0.1) is 0 Å². The van der Waals surface area contributed by atoms with Gasteiger partial charge in [0.2, 0.25) is 10.0 Å². The van der Waals surface area contributed by atoms with Crippen molar-refractivity contribution in [3.8, 4) is 0 Å². The van der Waals surface area contributed by atoms with Crippen LogP contribution in [0.1, 0.15) is 20.8 Å². The highest BCUT2D eigenvalue weighted by Gasteiger charge is 2.24. The van der Waals surface area contributed by atoms with E-state index >= 15 is 0 Å². The van der Waals surface area contributed by atoms with Crippen LogP contribution in [0.25, 0.3) is 0 Å². The van der Waals surface area contributed by atoms with Crippen LogP contribution in [0.3, 0.4) is 0 Å². The number of sulfonamides is 1. The van der Waals surface area contributed by atoms with Crippen molar-refractivity contribution in [1.82, 2.24) is 20.1 Å². The lowest BCUT2D eigenvalue weighted by atomic mass is 10.3. The molecule has 0 aromatic heterocycles. The molecule has 0 aliphatic carbocycles. The van der Waals surface area contributed by atoms with Crippen molar-refractivity contribution in [2.75, 3.05) is 39.8 Å². The number of hydrogen-bond donors (Lipinski definition) is 2. The highest BCUT2D eigenvalue weighted by atomic mass is 32.2.